The van der Waals surface area contributed by atoms with E-state index >= 15 is 8.78 Å². The van der Waals surface area contributed by atoms with Crippen LogP contribution in [0, 0.1) is 11.6 Å². The van der Waals surface area contributed by atoms with Crippen molar-refractivity contribution in [2.24, 2.45) is 0 Å². The number of ether oxygens (including phenoxy) is 1. The molecule has 2 aromatic rings. The summed E-state index contributed by atoms with van der Waals surface area (Å²) in [5, 5.41) is 1.55. The van der Waals surface area contributed by atoms with Crippen molar-refractivity contribution >= 4 is 15.8 Å². The van der Waals surface area contributed by atoms with Gasteiger partial charge in [0.25, 0.3) is 0 Å². The summed E-state index contributed by atoms with van der Waals surface area (Å²) in [6, 6.07) is 10.6. The summed E-state index contributed by atoms with van der Waals surface area (Å²) in [5.74, 6) is -1.92. The number of hydrogen-bond acceptors (Lipinski definition) is 5. The van der Waals surface area contributed by atoms with Crippen molar-refractivity contribution in [1.29, 1.82) is 0 Å². The molecule has 1 N–H and O–H groups in total. The van der Waals surface area contributed by atoms with E-state index in [1.807, 2.05) is 6.07 Å². The molecule has 170 valence electrons. The van der Waals surface area contributed by atoms with Crippen molar-refractivity contribution in [2.45, 2.75) is 60.7 Å². The van der Waals surface area contributed by atoms with Gasteiger partial charge in [0.05, 0.1) is 10.5 Å². The fourth-order valence-corrected chi connectivity index (χ4v) is 8.06. The monoisotopic (exact) mass is 461 g/mol. The third-order valence-corrected chi connectivity index (χ3v) is 9.98. The third-order valence-electron chi connectivity index (χ3n) is 7.33. The van der Waals surface area contributed by atoms with Crippen molar-refractivity contribution in [1.82, 2.24) is 5.32 Å². The zero-order valence-electron chi connectivity index (χ0n) is 17.9. The lowest BCUT2D eigenvalue weighted by Crippen LogP contribution is -2.53. The molecule has 3 aliphatic heterocycles. The number of carbonyl (C=O) groups is 1. The normalized spacial score (nSPS) is 35.2. The van der Waals surface area contributed by atoms with Crippen LogP contribution in [-0.4, -0.2) is 37.8 Å². The molecule has 5 nitrogen and oxygen atoms in total. The van der Waals surface area contributed by atoms with Gasteiger partial charge in [-0.2, -0.15) is 0 Å². The first kappa shape index (κ1) is 21.5. The number of benzene rings is 2. The van der Waals surface area contributed by atoms with Gasteiger partial charge in [-0.15, -0.1) is 0 Å². The number of fused-ring (bicyclic) bond motifs is 1. The smallest absolute Gasteiger partial charge is 0.317 e. The zero-order chi connectivity index (χ0) is 22.9. The molecule has 1 aliphatic carbocycles. The maximum atomic E-state index is 15.1. The largest absolute Gasteiger partial charge is 0.459 e. The minimum Gasteiger partial charge on any atom is -0.459 e. The average Bonchev–Trinajstić information content (AvgIpc) is 3.12. The third kappa shape index (κ3) is 3.10. The van der Waals surface area contributed by atoms with Gasteiger partial charge in [-0.25, -0.2) is 17.2 Å². The van der Waals surface area contributed by atoms with E-state index < -0.39 is 55.0 Å². The number of esters is 1. The van der Waals surface area contributed by atoms with Gasteiger partial charge in [-0.1, -0.05) is 30.3 Å². The van der Waals surface area contributed by atoms with Crippen LogP contribution in [-0.2, 0) is 31.2 Å². The van der Waals surface area contributed by atoms with Crippen molar-refractivity contribution in [3.05, 3.63) is 70.8 Å². The minimum absolute atomic E-state index is 0.00133. The molecule has 0 spiro atoms. The van der Waals surface area contributed by atoms with Crippen LogP contribution in [0.4, 0.5) is 8.78 Å². The van der Waals surface area contributed by atoms with Gasteiger partial charge in [0.2, 0.25) is 0 Å². The highest BCUT2D eigenvalue weighted by Crippen LogP contribution is 2.60. The van der Waals surface area contributed by atoms with E-state index in [-0.39, 0.29) is 24.1 Å². The molecule has 0 amide bonds. The number of halogens is 2. The fraction of sp³-hybridized carbons (Fsp3) is 0.458. The average molecular weight is 462 g/mol. The topological polar surface area (TPSA) is 72.5 Å². The molecular weight excluding hydrogens is 436 g/mol. The second-order valence-electron chi connectivity index (χ2n) is 9.63. The van der Waals surface area contributed by atoms with Crippen molar-refractivity contribution in [2.75, 3.05) is 6.54 Å². The lowest BCUT2D eigenvalue weighted by Gasteiger charge is -2.39. The molecule has 2 bridgehead atoms. The van der Waals surface area contributed by atoms with Crippen LogP contribution in [0.2, 0.25) is 0 Å². The van der Waals surface area contributed by atoms with Crippen molar-refractivity contribution in [3.8, 4) is 0 Å². The molecule has 3 saturated heterocycles. The summed E-state index contributed by atoms with van der Waals surface area (Å²) in [6.07, 6.45) is 0.495. The molecule has 3 heterocycles. The van der Waals surface area contributed by atoms with Gasteiger partial charge in [0.1, 0.15) is 22.7 Å². The number of rotatable bonds is 4. The highest BCUT2D eigenvalue weighted by Gasteiger charge is 2.68. The Kier molecular flexibility index (Phi) is 4.77. The van der Waals surface area contributed by atoms with Crippen molar-refractivity contribution < 1.29 is 26.7 Å². The standard InChI is InChI=1S/C24H25F2NO4S/c1-14-20(32(29,30)21(11-27-14)15-6-4-3-5-7-15)9-16-8-19(26)17(10-18(16)25)24-12-23(2,13-24)31-22(24)28/h3-8,10,14,20-21,27H,9,11-13H2,1-2H3/t14-,20?,21-,23?,24?/m0/s1. The molecule has 0 radical (unpaired) electrons. The van der Waals surface area contributed by atoms with Gasteiger partial charge < -0.3 is 10.1 Å². The Morgan fingerprint density at radius 3 is 2.44 bits per heavy atom. The Labute approximate surface area is 186 Å². The molecule has 3 atom stereocenters. The molecular formula is C24H25F2NO4S. The predicted octanol–water partition coefficient (Wildman–Crippen LogP) is 3.37. The Hall–Kier alpha value is -2.32. The highest BCUT2D eigenvalue weighted by molar-refractivity contribution is 7.92. The number of sulfone groups is 1. The summed E-state index contributed by atoms with van der Waals surface area (Å²) >= 11 is 0. The summed E-state index contributed by atoms with van der Waals surface area (Å²) < 4.78 is 62.4. The fourth-order valence-electron chi connectivity index (χ4n) is 5.70. The Morgan fingerprint density at radius 2 is 1.81 bits per heavy atom. The van der Waals surface area contributed by atoms with Gasteiger partial charge in [-0.05, 0) is 43.5 Å². The summed E-state index contributed by atoms with van der Waals surface area (Å²) in [6.45, 7) is 3.79. The Morgan fingerprint density at radius 1 is 1.12 bits per heavy atom. The van der Waals surface area contributed by atoms with Crippen LogP contribution in [0.3, 0.4) is 0 Å². The molecule has 4 fully saturated rings. The summed E-state index contributed by atoms with van der Waals surface area (Å²) in [5.41, 5.74) is -1.08. The van der Waals surface area contributed by atoms with Crippen LogP contribution >= 0.6 is 0 Å². The van der Waals surface area contributed by atoms with Crippen LogP contribution in [0.25, 0.3) is 0 Å². The van der Waals surface area contributed by atoms with Crippen LogP contribution in [0.5, 0.6) is 0 Å². The van der Waals surface area contributed by atoms with Crippen LogP contribution in [0.15, 0.2) is 42.5 Å². The van der Waals surface area contributed by atoms with Gasteiger partial charge in [0, 0.05) is 31.0 Å². The summed E-state index contributed by atoms with van der Waals surface area (Å²) in [4.78, 5) is 12.3. The van der Waals surface area contributed by atoms with E-state index in [0.29, 0.717) is 18.4 Å². The Balaban J connectivity index is 1.46. The second-order valence-corrected chi connectivity index (χ2v) is 12.0. The number of carbonyl (C=O) groups excluding carboxylic acids is 1. The van der Waals surface area contributed by atoms with E-state index in [2.05, 4.69) is 5.32 Å². The quantitative estimate of drug-likeness (QED) is 0.707. The molecule has 8 heteroatoms. The van der Waals surface area contributed by atoms with E-state index in [1.54, 1.807) is 38.1 Å². The van der Waals surface area contributed by atoms with Crippen LogP contribution in [0.1, 0.15) is 48.6 Å². The summed E-state index contributed by atoms with van der Waals surface area (Å²) in [7, 11) is -3.67. The predicted molar refractivity (Wildman–Crippen MR) is 115 cm³/mol. The molecule has 1 unspecified atom stereocenters. The Bertz CT molecular complexity index is 1190. The zero-order valence-corrected chi connectivity index (χ0v) is 18.7. The lowest BCUT2D eigenvalue weighted by molar-refractivity contribution is -0.142. The molecule has 4 aliphatic rings. The van der Waals surface area contributed by atoms with Crippen LogP contribution < -0.4 is 5.32 Å². The van der Waals surface area contributed by atoms with E-state index in [0.717, 1.165) is 12.1 Å². The van der Waals surface area contributed by atoms with E-state index in [9.17, 15) is 13.2 Å². The molecule has 1 saturated carbocycles. The minimum atomic E-state index is -3.67. The van der Waals surface area contributed by atoms with E-state index in [1.165, 1.54) is 0 Å². The first-order valence-electron chi connectivity index (χ1n) is 10.8. The van der Waals surface area contributed by atoms with Gasteiger partial charge in [-0.3, -0.25) is 4.79 Å². The van der Waals surface area contributed by atoms with Crippen molar-refractivity contribution in [3.63, 3.8) is 0 Å². The number of nitrogens with one attached hydrogen (secondary N) is 1. The SMILES string of the molecule is C[C@@H]1NC[C@@H](c2ccccc2)S(=O)(=O)C1Cc1cc(F)c(C23CC(C)(C2)OC3=O)cc1F. The molecule has 2 aromatic carbocycles. The maximum absolute atomic E-state index is 15.1. The molecule has 6 rings (SSSR count). The molecule has 32 heavy (non-hydrogen) atoms. The van der Waals surface area contributed by atoms with Gasteiger partial charge >= 0.3 is 5.97 Å². The highest BCUT2D eigenvalue weighted by atomic mass is 32.2. The first-order chi connectivity index (χ1) is 15.1. The lowest BCUT2D eigenvalue weighted by atomic mass is 9.59. The molecule has 0 aromatic heterocycles. The first-order valence-corrected chi connectivity index (χ1v) is 12.4. The number of hydrogen-bond donors (Lipinski definition) is 1. The van der Waals surface area contributed by atoms with Gasteiger partial charge in [0.15, 0.2) is 9.84 Å². The second kappa shape index (κ2) is 7.09. The van der Waals surface area contributed by atoms with E-state index in [4.69, 9.17) is 4.74 Å². The maximum Gasteiger partial charge on any atom is 0.317 e.